The van der Waals surface area contributed by atoms with Crippen molar-refractivity contribution < 1.29 is 4.79 Å². The summed E-state index contributed by atoms with van der Waals surface area (Å²) in [7, 11) is 0. The fourth-order valence-corrected chi connectivity index (χ4v) is 4.08. The average Bonchev–Trinajstić information content (AvgIpc) is 3.18. The fourth-order valence-electron chi connectivity index (χ4n) is 4.08. The Bertz CT molecular complexity index is 491. The van der Waals surface area contributed by atoms with E-state index in [9.17, 15) is 4.79 Å². The largest absolute Gasteiger partial charge is 0.292 e. The molecule has 1 aromatic rings. The second kappa shape index (κ2) is 5.92. The van der Waals surface area contributed by atoms with Crippen LogP contribution in [0.3, 0.4) is 0 Å². The smallest absolute Gasteiger partial charge is 0.183 e. The minimum Gasteiger partial charge on any atom is -0.292 e. The molecule has 1 aromatic carbocycles. The van der Waals surface area contributed by atoms with E-state index >= 15 is 0 Å². The van der Waals surface area contributed by atoms with Gasteiger partial charge >= 0.3 is 0 Å². The van der Waals surface area contributed by atoms with Gasteiger partial charge < -0.3 is 0 Å². The third-order valence-corrected chi connectivity index (χ3v) is 5.40. The summed E-state index contributed by atoms with van der Waals surface area (Å²) in [5.74, 6) is 0.894. The van der Waals surface area contributed by atoms with Crippen LogP contribution in [0.2, 0.25) is 0 Å². The van der Waals surface area contributed by atoms with Crippen LogP contribution >= 0.6 is 0 Å². The van der Waals surface area contributed by atoms with E-state index in [-0.39, 0.29) is 5.54 Å². The van der Waals surface area contributed by atoms with Crippen LogP contribution in [0, 0.1) is 0 Å². The fraction of sp³-hybridized carbons (Fsp3) is 0.632. The highest BCUT2D eigenvalue weighted by Crippen LogP contribution is 2.40. The van der Waals surface area contributed by atoms with Crippen molar-refractivity contribution in [1.82, 2.24) is 4.90 Å². The van der Waals surface area contributed by atoms with Crippen molar-refractivity contribution in [2.75, 3.05) is 13.1 Å². The molecule has 2 fully saturated rings. The first-order chi connectivity index (χ1) is 10.1. The summed E-state index contributed by atoms with van der Waals surface area (Å²) in [4.78, 5) is 15.7. The molecule has 0 spiro atoms. The minimum absolute atomic E-state index is 0.185. The lowest BCUT2D eigenvalue weighted by atomic mass is 9.85. The zero-order valence-corrected chi connectivity index (χ0v) is 13.4. The Morgan fingerprint density at radius 3 is 2.10 bits per heavy atom. The molecule has 0 bridgehead atoms. The Kier molecular flexibility index (Phi) is 4.17. The Morgan fingerprint density at radius 2 is 1.57 bits per heavy atom. The molecular formula is C19H27NO. The molecule has 0 N–H and O–H groups in total. The number of benzene rings is 1. The molecule has 2 heteroatoms. The van der Waals surface area contributed by atoms with Gasteiger partial charge in [-0.1, -0.05) is 51.0 Å². The number of nitrogens with zero attached hydrogens (tertiary/aromatic N) is 1. The first-order valence-electron chi connectivity index (χ1n) is 8.53. The van der Waals surface area contributed by atoms with E-state index in [4.69, 9.17) is 0 Å². The van der Waals surface area contributed by atoms with Gasteiger partial charge in [0.15, 0.2) is 5.78 Å². The van der Waals surface area contributed by atoms with Gasteiger partial charge in [-0.3, -0.25) is 9.69 Å². The molecule has 1 saturated carbocycles. The maximum atomic E-state index is 13.2. The van der Waals surface area contributed by atoms with Gasteiger partial charge in [-0.2, -0.15) is 0 Å². The molecule has 1 aliphatic carbocycles. The third-order valence-electron chi connectivity index (χ3n) is 5.40. The Hall–Kier alpha value is -1.15. The van der Waals surface area contributed by atoms with E-state index in [2.05, 4.69) is 30.9 Å². The van der Waals surface area contributed by atoms with Crippen molar-refractivity contribution in [2.45, 2.75) is 63.8 Å². The highest BCUT2D eigenvalue weighted by Gasteiger charge is 2.46. The van der Waals surface area contributed by atoms with Crippen molar-refractivity contribution in [2.24, 2.45) is 0 Å². The van der Waals surface area contributed by atoms with Gasteiger partial charge in [-0.15, -0.1) is 0 Å². The molecule has 2 nitrogen and oxygen atoms in total. The number of Topliss-reactive ketones (excluding diaryl/α,β-unsaturated/α-hetero) is 1. The number of hydrogen-bond acceptors (Lipinski definition) is 2. The molecular weight excluding hydrogens is 258 g/mol. The highest BCUT2D eigenvalue weighted by atomic mass is 16.1. The molecule has 0 aromatic heterocycles. The Labute approximate surface area is 128 Å². The van der Waals surface area contributed by atoms with Gasteiger partial charge in [0.25, 0.3) is 0 Å². The van der Waals surface area contributed by atoms with E-state index < -0.39 is 0 Å². The van der Waals surface area contributed by atoms with Gasteiger partial charge in [-0.05, 0) is 50.3 Å². The van der Waals surface area contributed by atoms with Gasteiger partial charge in [0, 0.05) is 5.56 Å². The summed E-state index contributed by atoms with van der Waals surface area (Å²) >= 11 is 0. The van der Waals surface area contributed by atoms with E-state index in [0.29, 0.717) is 11.7 Å². The van der Waals surface area contributed by atoms with Crippen molar-refractivity contribution in [3.8, 4) is 0 Å². The molecule has 21 heavy (non-hydrogen) atoms. The minimum atomic E-state index is -0.185. The summed E-state index contributed by atoms with van der Waals surface area (Å²) < 4.78 is 0. The zero-order valence-electron chi connectivity index (χ0n) is 13.4. The second-order valence-electron chi connectivity index (χ2n) is 7.04. The number of ketones is 1. The molecule has 2 aliphatic rings. The highest BCUT2D eigenvalue weighted by molar-refractivity contribution is 6.03. The van der Waals surface area contributed by atoms with Crippen LogP contribution in [0.4, 0.5) is 0 Å². The molecule has 0 unspecified atom stereocenters. The van der Waals surface area contributed by atoms with Gasteiger partial charge in [0.2, 0.25) is 0 Å². The summed E-state index contributed by atoms with van der Waals surface area (Å²) in [6.45, 7) is 6.60. The van der Waals surface area contributed by atoms with Crippen LogP contribution in [0.15, 0.2) is 24.3 Å². The standard InChI is InChI=1S/C19H27NO/c1-15(2)16-7-9-17(10-8-16)18(21)19(11-3-4-12-19)20-13-5-6-14-20/h7-10,15H,3-6,11-14H2,1-2H3. The molecule has 1 heterocycles. The average molecular weight is 285 g/mol. The van der Waals surface area contributed by atoms with Crippen LogP contribution in [0.5, 0.6) is 0 Å². The molecule has 0 amide bonds. The molecule has 114 valence electrons. The van der Waals surface area contributed by atoms with Crippen molar-refractivity contribution in [3.63, 3.8) is 0 Å². The number of likely N-dealkylation sites (tertiary alicyclic amines) is 1. The third kappa shape index (κ3) is 2.66. The van der Waals surface area contributed by atoms with Crippen LogP contribution < -0.4 is 0 Å². The van der Waals surface area contributed by atoms with Gasteiger partial charge in [0.1, 0.15) is 0 Å². The normalized spacial score (nSPS) is 22.0. The first-order valence-corrected chi connectivity index (χ1v) is 8.53. The van der Waals surface area contributed by atoms with Crippen molar-refractivity contribution in [3.05, 3.63) is 35.4 Å². The molecule has 0 radical (unpaired) electrons. The topological polar surface area (TPSA) is 20.3 Å². The van der Waals surface area contributed by atoms with Crippen LogP contribution in [-0.4, -0.2) is 29.3 Å². The maximum absolute atomic E-state index is 13.2. The number of hydrogen-bond donors (Lipinski definition) is 0. The lowest BCUT2D eigenvalue weighted by Gasteiger charge is -2.37. The Morgan fingerprint density at radius 1 is 1.00 bits per heavy atom. The molecule has 3 rings (SSSR count). The predicted octanol–water partition coefficient (Wildman–Crippen LogP) is 4.40. The van der Waals surface area contributed by atoms with Gasteiger partial charge in [0.05, 0.1) is 5.54 Å². The SMILES string of the molecule is CC(C)c1ccc(C(=O)C2(N3CCCC3)CCCC2)cc1. The van der Waals surface area contributed by atoms with E-state index in [1.54, 1.807) is 0 Å². The summed E-state index contributed by atoms with van der Waals surface area (Å²) in [6.07, 6.45) is 7.01. The Balaban J connectivity index is 1.87. The number of carbonyl (C=O) groups excluding carboxylic acids is 1. The summed E-state index contributed by atoms with van der Waals surface area (Å²) in [6, 6.07) is 8.36. The zero-order chi connectivity index (χ0) is 14.9. The monoisotopic (exact) mass is 285 g/mol. The molecule has 1 aliphatic heterocycles. The van der Waals surface area contributed by atoms with Crippen LogP contribution in [-0.2, 0) is 0 Å². The lowest BCUT2D eigenvalue weighted by Crippen LogP contribution is -2.51. The lowest BCUT2D eigenvalue weighted by molar-refractivity contribution is 0.0626. The van der Waals surface area contributed by atoms with E-state index in [1.807, 2.05) is 12.1 Å². The van der Waals surface area contributed by atoms with E-state index in [1.165, 1.54) is 31.2 Å². The quantitative estimate of drug-likeness (QED) is 0.764. The number of rotatable bonds is 4. The van der Waals surface area contributed by atoms with E-state index in [0.717, 1.165) is 31.5 Å². The van der Waals surface area contributed by atoms with Crippen LogP contribution in [0.25, 0.3) is 0 Å². The number of carbonyl (C=O) groups is 1. The summed E-state index contributed by atoms with van der Waals surface area (Å²) in [5, 5.41) is 0. The van der Waals surface area contributed by atoms with Crippen LogP contribution in [0.1, 0.15) is 74.2 Å². The molecule has 1 saturated heterocycles. The predicted molar refractivity (Wildman–Crippen MR) is 86.9 cm³/mol. The van der Waals surface area contributed by atoms with Crippen molar-refractivity contribution >= 4 is 5.78 Å². The second-order valence-corrected chi connectivity index (χ2v) is 7.04. The molecule has 0 atom stereocenters. The summed E-state index contributed by atoms with van der Waals surface area (Å²) in [5.41, 5.74) is 2.04. The first kappa shape index (κ1) is 14.8. The van der Waals surface area contributed by atoms with Gasteiger partial charge in [-0.25, -0.2) is 0 Å². The maximum Gasteiger partial charge on any atom is 0.183 e. The van der Waals surface area contributed by atoms with Crippen molar-refractivity contribution in [1.29, 1.82) is 0 Å².